The molecule has 3 amide bonds. The van der Waals surface area contributed by atoms with Gasteiger partial charge in [0, 0.05) is 129 Å². The fourth-order valence-corrected chi connectivity index (χ4v) is 12.1. The van der Waals surface area contributed by atoms with E-state index in [-0.39, 0.29) is 53.3 Å². The highest BCUT2D eigenvalue weighted by Gasteiger charge is 2.25. The van der Waals surface area contributed by atoms with Crippen molar-refractivity contribution >= 4 is 85.3 Å². The average molecular weight is 1440 g/mol. The first-order valence-electron chi connectivity index (χ1n) is 35.7. The van der Waals surface area contributed by atoms with Crippen LogP contribution in [0.15, 0.2) is 110 Å². The Morgan fingerprint density at radius 3 is 0.905 bits per heavy atom. The molecule has 27 heteroatoms. The highest BCUT2D eigenvalue weighted by atomic mass is 19.1. The van der Waals surface area contributed by atoms with Crippen molar-refractivity contribution in [3.8, 4) is 0 Å². The third-order valence-electron chi connectivity index (χ3n) is 18.4. The Balaban J connectivity index is 0.000000169. The first-order valence-corrected chi connectivity index (χ1v) is 35.7. The fourth-order valence-electron chi connectivity index (χ4n) is 12.1. The minimum absolute atomic E-state index is 0.164. The van der Waals surface area contributed by atoms with Crippen LogP contribution in [0, 0.1) is 38.2 Å². The topological polar surface area (TPSA) is 248 Å². The smallest absolute Gasteiger partial charge is 0.251 e. The molecule has 6 heterocycles. The molecule has 12 rings (SSSR count). The lowest BCUT2D eigenvalue weighted by Gasteiger charge is -2.28. The molecule has 24 nitrogen and oxygen atoms in total. The minimum Gasteiger partial charge on any atom is -0.378 e. The molecule has 0 spiro atoms. The summed E-state index contributed by atoms with van der Waals surface area (Å²) in [4.78, 5) is 80.1. The van der Waals surface area contributed by atoms with Crippen LogP contribution in [0.3, 0.4) is 0 Å². The van der Waals surface area contributed by atoms with Gasteiger partial charge < -0.3 is 75.5 Å². The maximum atomic E-state index is 14.2. The number of ether oxygens (including phenoxy) is 3. The molecular formula is C78H99F3N18O6. The average Bonchev–Trinajstić information content (AvgIpc) is 0.789. The van der Waals surface area contributed by atoms with Crippen LogP contribution >= 0.6 is 0 Å². The van der Waals surface area contributed by atoms with Crippen LogP contribution in [0.1, 0.15) is 103 Å². The van der Waals surface area contributed by atoms with Crippen LogP contribution in [0.5, 0.6) is 0 Å². The molecule has 3 unspecified atom stereocenters. The van der Waals surface area contributed by atoms with E-state index in [1.165, 1.54) is 18.2 Å². The molecule has 0 radical (unpaired) electrons. The molecule has 558 valence electrons. The number of rotatable bonds is 24. The number of carbonyl (C=O) groups excluding carboxylic acids is 3. The Morgan fingerprint density at radius 2 is 0.667 bits per heavy atom. The summed E-state index contributed by atoms with van der Waals surface area (Å²) in [5, 5.41) is 19.0. The summed E-state index contributed by atoms with van der Waals surface area (Å²) in [7, 11) is 11.8. The van der Waals surface area contributed by atoms with Crippen molar-refractivity contribution in [1.29, 1.82) is 0 Å². The predicted molar refractivity (Wildman–Crippen MR) is 410 cm³/mol. The number of amides is 3. The summed E-state index contributed by atoms with van der Waals surface area (Å²) in [6.45, 7) is 23.3. The molecule has 3 aliphatic heterocycles. The van der Waals surface area contributed by atoms with Gasteiger partial charge in [-0.3, -0.25) is 29.3 Å². The van der Waals surface area contributed by atoms with Gasteiger partial charge in [-0.15, -0.1) is 0 Å². The second kappa shape index (κ2) is 36.7. The van der Waals surface area contributed by atoms with Crippen LogP contribution in [0.2, 0.25) is 0 Å². The molecule has 3 saturated heterocycles. The number of anilines is 6. The number of fused-ring (bicyclic) bond motifs is 3. The maximum Gasteiger partial charge on any atom is 0.251 e. The zero-order valence-corrected chi connectivity index (χ0v) is 62.3. The van der Waals surface area contributed by atoms with Gasteiger partial charge in [0.2, 0.25) is 0 Å². The molecule has 3 aromatic heterocycles. The number of likely N-dealkylation sites (N-methyl/N-ethyl adjacent to an activating group) is 3. The first kappa shape index (κ1) is 77.7. The summed E-state index contributed by atoms with van der Waals surface area (Å²) < 4.78 is 58.9. The highest BCUT2D eigenvalue weighted by molar-refractivity contribution is 6.00. The van der Waals surface area contributed by atoms with E-state index in [0.717, 1.165) is 93.0 Å². The fraction of sp³-hybridized carbons (Fsp3) is 0.423. The van der Waals surface area contributed by atoms with Gasteiger partial charge in [-0.2, -0.15) is 0 Å². The zero-order chi connectivity index (χ0) is 74.8. The van der Waals surface area contributed by atoms with E-state index < -0.39 is 0 Å². The molecule has 3 aliphatic rings. The third kappa shape index (κ3) is 21.2. The van der Waals surface area contributed by atoms with Gasteiger partial charge in [0.1, 0.15) is 34.9 Å². The third-order valence-corrected chi connectivity index (χ3v) is 18.4. The van der Waals surface area contributed by atoms with Gasteiger partial charge in [0.25, 0.3) is 17.7 Å². The van der Waals surface area contributed by atoms with Crippen LogP contribution in [-0.2, 0) is 14.2 Å². The van der Waals surface area contributed by atoms with Crippen molar-refractivity contribution in [3.63, 3.8) is 0 Å². The van der Waals surface area contributed by atoms with Crippen LogP contribution < -0.4 is 46.6 Å². The van der Waals surface area contributed by atoms with Crippen LogP contribution in [0.4, 0.5) is 47.7 Å². The summed E-state index contributed by atoms with van der Waals surface area (Å²) in [5.74, 6) is 1.03. The summed E-state index contributed by atoms with van der Waals surface area (Å²) in [5.41, 5.74) is 11.8. The van der Waals surface area contributed by atoms with Crippen molar-refractivity contribution in [2.75, 3.05) is 191 Å². The second-order valence-corrected chi connectivity index (χ2v) is 27.4. The SMILES string of the molecule is Cc1ccc(NC(C)c2cc(C(=O)NCCN(C)C)cc3ncc(N4CCOCC4)nc23)cc1F.Cc1ccc(NC(C)c2cc(C(=O)NCCN(C)C)cc3ncc(N4CCOCC4)nc23)cc1F.Cc1ccc(NC(C)c2cc(C(=O)NCCN(C)C)cc3ncc(N4CCOCC4)nc23)cc1F. The van der Waals surface area contributed by atoms with E-state index in [4.69, 9.17) is 29.2 Å². The summed E-state index contributed by atoms with van der Waals surface area (Å²) in [6.07, 6.45) is 5.25. The lowest BCUT2D eigenvalue weighted by Crippen LogP contribution is -2.36. The molecule has 6 aromatic carbocycles. The number of carbonyl (C=O) groups is 3. The normalized spacial score (nSPS) is 14.9. The number of halogens is 3. The van der Waals surface area contributed by atoms with Gasteiger partial charge in [-0.25, -0.2) is 28.1 Å². The van der Waals surface area contributed by atoms with Crippen molar-refractivity contribution in [1.82, 2.24) is 60.6 Å². The molecule has 3 atom stereocenters. The van der Waals surface area contributed by atoms with E-state index >= 15 is 0 Å². The lowest BCUT2D eigenvalue weighted by atomic mass is 10.0. The van der Waals surface area contributed by atoms with Gasteiger partial charge in [-0.05, 0) is 173 Å². The lowest BCUT2D eigenvalue weighted by molar-refractivity contribution is 0.0943. The van der Waals surface area contributed by atoms with E-state index in [2.05, 4.69) is 61.6 Å². The van der Waals surface area contributed by atoms with E-state index in [0.29, 0.717) is 143 Å². The molecule has 9 aromatic rings. The Kier molecular flexibility index (Phi) is 27.2. The van der Waals surface area contributed by atoms with E-state index in [1.807, 2.05) is 114 Å². The van der Waals surface area contributed by atoms with Crippen molar-refractivity contribution in [2.24, 2.45) is 0 Å². The van der Waals surface area contributed by atoms with Gasteiger partial charge >= 0.3 is 0 Å². The molecule has 105 heavy (non-hydrogen) atoms. The predicted octanol–water partition coefficient (Wildman–Crippen LogP) is 10.1. The van der Waals surface area contributed by atoms with Gasteiger partial charge in [0.05, 0.1) is 109 Å². The number of morpholine rings is 3. The Bertz CT molecular complexity index is 4030. The standard InChI is InChI=1S/3C26H33FN6O2/c3*1-17-5-6-20(15-22(17)27)30-18(2)21-13-19(26(34)28-7-8-32(3)4)14-23-25(21)31-24(16-29-23)33-9-11-35-12-10-33/h3*5-6,13-16,18,30H,7-12H2,1-4H3,(H,28,34). The van der Waals surface area contributed by atoms with Crippen molar-refractivity contribution in [2.45, 2.75) is 59.7 Å². The second-order valence-electron chi connectivity index (χ2n) is 27.4. The molecular weight excluding hydrogens is 1340 g/mol. The quantitative estimate of drug-likeness (QED) is 0.0329. The molecule has 6 N–H and O–H groups in total. The monoisotopic (exact) mass is 1440 g/mol. The molecule has 0 bridgehead atoms. The van der Waals surface area contributed by atoms with Crippen molar-refractivity contribution in [3.05, 3.63) is 177 Å². The summed E-state index contributed by atoms with van der Waals surface area (Å²) >= 11 is 0. The van der Waals surface area contributed by atoms with Gasteiger partial charge in [-0.1, -0.05) is 18.2 Å². The van der Waals surface area contributed by atoms with Crippen molar-refractivity contribution < 1.29 is 41.8 Å². The zero-order valence-electron chi connectivity index (χ0n) is 62.3. The number of hydrogen-bond donors (Lipinski definition) is 6. The number of hydrogen-bond acceptors (Lipinski definition) is 21. The van der Waals surface area contributed by atoms with Gasteiger partial charge in [0.15, 0.2) is 0 Å². The maximum absolute atomic E-state index is 14.2. The number of nitrogens with zero attached hydrogens (tertiary/aromatic N) is 12. The first-order chi connectivity index (χ1) is 50.4. The highest BCUT2D eigenvalue weighted by Crippen LogP contribution is 2.33. The molecule has 0 saturated carbocycles. The van der Waals surface area contributed by atoms with E-state index in [1.54, 1.807) is 75.8 Å². The Morgan fingerprint density at radius 1 is 0.410 bits per heavy atom. The Hall–Kier alpha value is -9.90. The number of benzene rings is 6. The summed E-state index contributed by atoms with van der Waals surface area (Å²) in [6, 6.07) is 25.4. The van der Waals surface area contributed by atoms with E-state index in [9.17, 15) is 27.6 Å². The largest absolute Gasteiger partial charge is 0.378 e. The van der Waals surface area contributed by atoms with Crippen LogP contribution in [-0.4, -0.2) is 223 Å². The molecule has 0 aliphatic carbocycles. The number of nitrogens with one attached hydrogen (secondary N) is 6. The minimum atomic E-state index is -0.268. The number of aryl methyl sites for hydroxylation is 3. The Labute approximate surface area is 612 Å². The number of aromatic nitrogens is 6. The molecule has 3 fully saturated rings. The van der Waals surface area contributed by atoms with Crippen LogP contribution in [0.25, 0.3) is 33.1 Å².